The molecule has 3 aromatic rings. The fraction of sp³-hybridized carbons (Fsp3) is 0.238. The quantitative estimate of drug-likeness (QED) is 0.580. The number of benzene rings is 2. The van der Waals surface area contributed by atoms with Crippen LogP contribution in [0, 0.1) is 0 Å². The predicted octanol–water partition coefficient (Wildman–Crippen LogP) is 3.83. The van der Waals surface area contributed by atoms with E-state index < -0.39 is 0 Å². The Morgan fingerprint density at radius 3 is 2.57 bits per heavy atom. The van der Waals surface area contributed by atoms with Crippen LogP contribution in [0.25, 0.3) is 11.0 Å². The molecule has 0 spiro atoms. The Balaban J connectivity index is 1.41. The molecule has 2 aromatic carbocycles. The van der Waals surface area contributed by atoms with Crippen LogP contribution >= 0.6 is 0 Å². The molecule has 3 rings (SSSR count). The summed E-state index contributed by atoms with van der Waals surface area (Å²) in [6.45, 7) is 2.08. The number of rotatable bonds is 7. The highest BCUT2D eigenvalue weighted by Gasteiger charge is 2.14. The number of hydrogen-bond donors (Lipinski definition) is 3. The molecule has 1 atom stereocenters. The van der Waals surface area contributed by atoms with Crippen molar-refractivity contribution in [3.05, 3.63) is 60.4 Å². The standard InChI is InChI=1S/C21H23N3O4/c1-14(19-13-15-5-3-4-6-18(15)28-19)23-20(25)11-12-22-21(26)24-16-7-9-17(27-2)10-8-16/h3-10,13-14H,11-12H2,1-2H3,(H,23,25)(H2,22,24,26). The summed E-state index contributed by atoms with van der Waals surface area (Å²) in [5, 5.41) is 9.23. The van der Waals surface area contributed by atoms with Crippen LogP contribution < -0.4 is 20.7 Å². The maximum atomic E-state index is 12.1. The molecule has 0 fully saturated rings. The monoisotopic (exact) mass is 381 g/mol. The summed E-state index contributed by atoms with van der Waals surface area (Å²) >= 11 is 0. The van der Waals surface area contributed by atoms with E-state index in [1.54, 1.807) is 31.4 Å². The second-order valence-electron chi connectivity index (χ2n) is 6.34. The van der Waals surface area contributed by atoms with Gasteiger partial charge in [0, 0.05) is 24.0 Å². The van der Waals surface area contributed by atoms with E-state index >= 15 is 0 Å². The Kier molecular flexibility index (Phi) is 6.16. The lowest BCUT2D eigenvalue weighted by molar-refractivity contribution is -0.121. The normalized spacial score (nSPS) is 11.6. The van der Waals surface area contributed by atoms with Gasteiger partial charge in [-0.05, 0) is 43.3 Å². The first-order valence-corrected chi connectivity index (χ1v) is 9.02. The van der Waals surface area contributed by atoms with Crippen molar-refractivity contribution in [2.75, 3.05) is 19.0 Å². The van der Waals surface area contributed by atoms with Gasteiger partial charge in [0.2, 0.25) is 5.91 Å². The zero-order valence-corrected chi connectivity index (χ0v) is 15.8. The van der Waals surface area contributed by atoms with Crippen molar-refractivity contribution in [1.82, 2.24) is 10.6 Å². The number of hydrogen-bond acceptors (Lipinski definition) is 4. The summed E-state index contributed by atoms with van der Waals surface area (Å²) in [5.41, 5.74) is 1.43. The Hall–Kier alpha value is -3.48. The Morgan fingerprint density at radius 2 is 1.86 bits per heavy atom. The van der Waals surface area contributed by atoms with Crippen molar-refractivity contribution in [3.8, 4) is 5.75 Å². The molecule has 1 heterocycles. The van der Waals surface area contributed by atoms with Gasteiger partial charge < -0.3 is 25.1 Å². The smallest absolute Gasteiger partial charge is 0.319 e. The van der Waals surface area contributed by atoms with Gasteiger partial charge in [-0.3, -0.25) is 4.79 Å². The van der Waals surface area contributed by atoms with E-state index in [0.717, 1.165) is 11.0 Å². The van der Waals surface area contributed by atoms with Crippen LogP contribution in [-0.4, -0.2) is 25.6 Å². The third-order valence-corrected chi connectivity index (χ3v) is 4.23. The van der Waals surface area contributed by atoms with Crippen molar-refractivity contribution in [1.29, 1.82) is 0 Å². The first kappa shape index (κ1) is 19.3. The maximum absolute atomic E-state index is 12.1. The van der Waals surface area contributed by atoms with Gasteiger partial charge in [-0.2, -0.15) is 0 Å². The first-order chi connectivity index (χ1) is 13.5. The van der Waals surface area contributed by atoms with Gasteiger partial charge in [-0.15, -0.1) is 0 Å². The molecule has 0 saturated heterocycles. The van der Waals surface area contributed by atoms with Crippen LogP contribution in [0.4, 0.5) is 10.5 Å². The SMILES string of the molecule is COc1ccc(NC(=O)NCCC(=O)NC(C)c2cc3ccccc3o2)cc1. The second kappa shape index (κ2) is 8.94. The second-order valence-corrected chi connectivity index (χ2v) is 6.34. The third-order valence-electron chi connectivity index (χ3n) is 4.23. The highest BCUT2D eigenvalue weighted by Crippen LogP contribution is 2.23. The van der Waals surface area contributed by atoms with E-state index in [9.17, 15) is 9.59 Å². The summed E-state index contributed by atoms with van der Waals surface area (Å²) in [5.74, 6) is 1.23. The number of amides is 3. The number of para-hydroxylation sites is 1. The van der Waals surface area contributed by atoms with E-state index in [-0.39, 0.29) is 30.9 Å². The van der Waals surface area contributed by atoms with Crippen molar-refractivity contribution in [2.45, 2.75) is 19.4 Å². The summed E-state index contributed by atoms with van der Waals surface area (Å²) in [4.78, 5) is 24.0. The van der Waals surface area contributed by atoms with Crippen molar-refractivity contribution >= 4 is 28.6 Å². The zero-order chi connectivity index (χ0) is 19.9. The molecule has 0 aliphatic carbocycles. The van der Waals surface area contributed by atoms with Crippen LogP contribution in [0.5, 0.6) is 5.75 Å². The molecule has 0 radical (unpaired) electrons. The largest absolute Gasteiger partial charge is 0.497 e. The fourth-order valence-electron chi connectivity index (χ4n) is 2.74. The van der Waals surface area contributed by atoms with E-state index in [1.807, 2.05) is 37.3 Å². The summed E-state index contributed by atoms with van der Waals surface area (Å²) < 4.78 is 10.8. The molecule has 28 heavy (non-hydrogen) atoms. The lowest BCUT2D eigenvalue weighted by atomic mass is 10.2. The van der Waals surface area contributed by atoms with Crippen LogP contribution in [0.3, 0.4) is 0 Å². The number of carbonyl (C=O) groups excluding carboxylic acids is 2. The molecular formula is C21H23N3O4. The van der Waals surface area contributed by atoms with Gasteiger partial charge in [0.25, 0.3) is 0 Å². The van der Waals surface area contributed by atoms with Crippen LogP contribution in [0.15, 0.2) is 59.0 Å². The Bertz CT molecular complexity index is 917. The molecule has 0 aliphatic heterocycles. The molecule has 7 heteroatoms. The van der Waals surface area contributed by atoms with E-state index in [4.69, 9.17) is 9.15 Å². The van der Waals surface area contributed by atoms with Crippen LogP contribution in [-0.2, 0) is 4.79 Å². The highest BCUT2D eigenvalue weighted by atomic mass is 16.5. The summed E-state index contributed by atoms with van der Waals surface area (Å²) in [6.07, 6.45) is 0.167. The zero-order valence-electron chi connectivity index (χ0n) is 15.8. The van der Waals surface area contributed by atoms with Gasteiger partial charge >= 0.3 is 6.03 Å². The lowest BCUT2D eigenvalue weighted by Gasteiger charge is -2.12. The maximum Gasteiger partial charge on any atom is 0.319 e. The number of fused-ring (bicyclic) bond motifs is 1. The molecule has 146 valence electrons. The molecule has 0 bridgehead atoms. The number of furan rings is 1. The average Bonchev–Trinajstić information content (AvgIpc) is 3.13. The van der Waals surface area contributed by atoms with E-state index in [1.165, 1.54) is 0 Å². The minimum Gasteiger partial charge on any atom is -0.497 e. The summed E-state index contributed by atoms with van der Waals surface area (Å²) in [7, 11) is 1.58. The minimum absolute atomic E-state index is 0.167. The van der Waals surface area contributed by atoms with Crippen LogP contribution in [0.2, 0.25) is 0 Å². The van der Waals surface area contributed by atoms with E-state index in [0.29, 0.717) is 17.2 Å². The number of anilines is 1. The topological polar surface area (TPSA) is 92.6 Å². The van der Waals surface area contributed by atoms with Crippen molar-refractivity contribution < 1.29 is 18.7 Å². The van der Waals surface area contributed by atoms with Crippen LogP contribution in [0.1, 0.15) is 25.1 Å². The van der Waals surface area contributed by atoms with Crippen molar-refractivity contribution in [2.24, 2.45) is 0 Å². The summed E-state index contributed by atoms with van der Waals surface area (Å²) in [6, 6.07) is 16.0. The molecule has 1 unspecified atom stereocenters. The molecule has 0 aliphatic rings. The van der Waals surface area contributed by atoms with Crippen molar-refractivity contribution in [3.63, 3.8) is 0 Å². The Morgan fingerprint density at radius 1 is 1.11 bits per heavy atom. The van der Waals surface area contributed by atoms with Gasteiger partial charge in [0.1, 0.15) is 17.1 Å². The minimum atomic E-state index is -0.372. The Labute approximate surface area is 163 Å². The predicted molar refractivity (Wildman–Crippen MR) is 107 cm³/mol. The molecular weight excluding hydrogens is 358 g/mol. The highest BCUT2D eigenvalue weighted by molar-refractivity contribution is 5.89. The number of nitrogens with one attached hydrogen (secondary N) is 3. The molecule has 0 saturated carbocycles. The van der Waals surface area contributed by atoms with Gasteiger partial charge in [0.15, 0.2) is 0 Å². The van der Waals surface area contributed by atoms with Gasteiger partial charge in [-0.1, -0.05) is 18.2 Å². The fourth-order valence-corrected chi connectivity index (χ4v) is 2.74. The lowest BCUT2D eigenvalue weighted by Crippen LogP contribution is -2.34. The number of methoxy groups -OCH3 is 1. The molecule has 7 nitrogen and oxygen atoms in total. The number of urea groups is 1. The van der Waals surface area contributed by atoms with Gasteiger partial charge in [0.05, 0.1) is 13.2 Å². The molecule has 3 N–H and O–H groups in total. The van der Waals surface area contributed by atoms with Gasteiger partial charge in [-0.25, -0.2) is 4.79 Å². The number of ether oxygens (including phenoxy) is 1. The average molecular weight is 381 g/mol. The van der Waals surface area contributed by atoms with E-state index in [2.05, 4.69) is 16.0 Å². The first-order valence-electron chi connectivity index (χ1n) is 9.02. The molecule has 1 aromatic heterocycles. The third kappa shape index (κ3) is 5.03. The number of carbonyl (C=O) groups is 2. The molecule has 3 amide bonds.